The molecule has 2 aliphatic heterocycles. The van der Waals surface area contributed by atoms with Gasteiger partial charge in [-0.25, -0.2) is 0 Å². The summed E-state index contributed by atoms with van der Waals surface area (Å²) in [6.07, 6.45) is 4.28. The van der Waals surface area contributed by atoms with Crippen LogP contribution >= 0.6 is 0 Å². The monoisotopic (exact) mass is 409 g/mol. The zero-order chi connectivity index (χ0) is 20.9. The van der Waals surface area contributed by atoms with E-state index in [-0.39, 0.29) is 5.78 Å². The second-order valence-corrected chi connectivity index (χ2v) is 8.55. The number of hydrogen-bond donors (Lipinski definition) is 0. The highest BCUT2D eigenvalue weighted by Gasteiger charge is 2.38. The van der Waals surface area contributed by atoms with Gasteiger partial charge in [0.1, 0.15) is 18.2 Å². The standard InChI is InChI=1S/C27H23NO3/c1-17-13-23-22(15-28(16-30-23)21-11-12-21)27-25(17)26(29)24(31-27)14-18-7-9-20(10-8-18)19-5-3-2-4-6-19/h2-10,13-14,21H,11-12,15-16H2,1H3/b24-14-. The average Bonchev–Trinajstić information content (AvgIpc) is 3.59. The smallest absolute Gasteiger partial charge is 0.232 e. The van der Waals surface area contributed by atoms with Gasteiger partial charge >= 0.3 is 0 Å². The van der Waals surface area contributed by atoms with Crippen LogP contribution in [0, 0.1) is 6.92 Å². The van der Waals surface area contributed by atoms with Crippen molar-refractivity contribution in [2.45, 2.75) is 32.4 Å². The van der Waals surface area contributed by atoms with E-state index in [0.29, 0.717) is 29.8 Å². The van der Waals surface area contributed by atoms with Gasteiger partial charge in [-0.1, -0.05) is 54.6 Å². The van der Waals surface area contributed by atoms with Crippen molar-refractivity contribution in [3.8, 4) is 22.6 Å². The number of fused-ring (bicyclic) bond motifs is 3. The van der Waals surface area contributed by atoms with Crippen LogP contribution in [-0.4, -0.2) is 23.5 Å². The first kappa shape index (κ1) is 18.4. The number of benzene rings is 3. The molecule has 0 amide bonds. The third-order valence-corrected chi connectivity index (χ3v) is 6.33. The number of allylic oxidation sites excluding steroid dienone is 1. The third kappa shape index (κ3) is 3.24. The topological polar surface area (TPSA) is 38.8 Å². The zero-order valence-electron chi connectivity index (χ0n) is 17.4. The molecule has 1 fully saturated rings. The molecule has 1 saturated carbocycles. The molecule has 0 saturated heterocycles. The van der Waals surface area contributed by atoms with Crippen molar-refractivity contribution in [1.82, 2.24) is 4.90 Å². The number of Topliss-reactive ketones (excluding diaryl/α,β-unsaturated/α-hetero) is 1. The van der Waals surface area contributed by atoms with Crippen LogP contribution in [0.2, 0.25) is 0 Å². The zero-order valence-corrected chi connectivity index (χ0v) is 17.4. The Bertz CT molecular complexity index is 1210. The maximum Gasteiger partial charge on any atom is 0.232 e. The predicted molar refractivity (Wildman–Crippen MR) is 120 cm³/mol. The molecular weight excluding hydrogens is 386 g/mol. The molecule has 4 nitrogen and oxygen atoms in total. The first-order valence-corrected chi connectivity index (χ1v) is 10.8. The highest BCUT2D eigenvalue weighted by molar-refractivity contribution is 6.15. The summed E-state index contributed by atoms with van der Waals surface area (Å²) in [5, 5.41) is 0. The van der Waals surface area contributed by atoms with Crippen LogP contribution in [0.1, 0.15) is 39.9 Å². The Morgan fingerprint density at radius 1 is 1.00 bits per heavy atom. The van der Waals surface area contributed by atoms with Crippen LogP contribution in [0.5, 0.6) is 11.5 Å². The van der Waals surface area contributed by atoms with Crippen molar-refractivity contribution >= 4 is 11.9 Å². The molecule has 2 heterocycles. The molecule has 0 unspecified atom stereocenters. The van der Waals surface area contributed by atoms with Gasteiger partial charge in [0, 0.05) is 12.6 Å². The molecule has 3 aromatic rings. The summed E-state index contributed by atoms with van der Waals surface area (Å²) in [5.74, 6) is 1.85. The Morgan fingerprint density at radius 2 is 1.74 bits per heavy atom. The summed E-state index contributed by atoms with van der Waals surface area (Å²) in [5.41, 5.74) is 5.83. The van der Waals surface area contributed by atoms with E-state index >= 15 is 0 Å². The molecular formula is C27H23NO3. The first-order valence-electron chi connectivity index (χ1n) is 10.8. The summed E-state index contributed by atoms with van der Waals surface area (Å²) in [4.78, 5) is 15.5. The Balaban J connectivity index is 1.32. The number of nitrogens with zero attached hydrogens (tertiary/aromatic N) is 1. The molecule has 0 atom stereocenters. The fourth-order valence-corrected chi connectivity index (χ4v) is 4.47. The van der Waals surface area contributed by atoms with E-state index < -0.39 is 0 Å². The van der Waals surface area contributed by atoms with Crippen LogP contribution in [-0.2, 0) is 6.54 Å². The van der Waals surface area contributed by atoms with Crippen molar-refractivity contribution < 1.29 is 14.3 Å². The number of ether oxygens (including phenoxy) is 2. The van der Waals surface area contributed by atoms with Gasteiger partial charge in [-0.2, -0.15) is 0 Å². The van der Waals surface area contributed by atoms with Gasteiger partial charge in [0.05, 0.1) is 11.1 Å². The van der Waals surface area contributed by atoms with E-state index in [2.05, 4.69) is 29.2 Å². The lowest BCUT2D eigenvalue weighted by molar-refractivity contribution is 0.0867. The van der Waals surface area contributed by atoms with Crippen LogP contribution in [0.25, 0.3) is 17.2 Å². The van der Waals surface area contributed by atoms with Crippen LogP contribution in [0.15, 0.2) is 66.4 Å². The molecule has 0 radical (unpaired) electrons. The molecule has 0 aromatic heterocycles. The maximum atomic E-state index is 13.2. The Labute approximate surface area is 181 Å². The number of hydrogen-bond acceptors (Lipinski definition) is 4. The van der Waals surface area contributed by atoms with Crippen molar-refractivity contribution in [2.24, 2.45) is 0 Å². The largest absolute Gasteiger partial charge is 0.478 e. The molecule has 0 bridgehead atoms. The molecule has 6 rings (SSSR count). The minimum atomic E-state index is -0.0500. The highest BCUT2D eigenvalue weighted by atomic mass is 16.5. The fraction of sp³-hybridized carbons (Fsp3) is 0.222. The number of ketones is 1. The van der Waals surface area contributed by atoms with E-state index in [4.69, 9.17) is 9.47 Å². The summed E-state index contributed by atoms with van der Waals surface area (Å²) in [7, 11) is 0. The Morgan fingerprint density at radius 3 is 2.48 bits per heavy atom. The highest BCUT2D eigenvalue weighted by Crippen LogP contribution is 2.45. The second-order valence-electron chi connectivity index (χ2n) is 8.55. The minimum absolute atomic E-state index is 0.0500. The summed E-state index contributed by atoms with van der Waals surface area (Å²) in [6, 6.07) is 21.0. The molecule has 154 valence electrons. The summed E-state index contributed by atoms with van der Waals surface area (Å²) in [6.45, 7) is 3.34. The van der Waals surface area contributed by atoms with E-state index in [9.17, 15) is 4.79 Å². The minimum Gasteiger partial charge on any atom is -0.478 e. The third-order valence-electron chi connectivity index (χ3n) is 6.33. The van der Waals surface area contributed by atoms with Crippen molar-refractivity contribution in [1.29, 1.82) is 0 Å². The number of aryl methyl sites for hydroxylation is 1. The van der Waals surface area contributed by atoms with Gasteiger partial charge < -0.3 is 9.47 Å². The normalized spacial score (nSPS) is 19.0. The van der Waals surface area contributed by atoms with Gasteiger partial charge in [0.15, 0.2) is 5.76 Å². The quantitative estimate of drug-likeness (QED) is 0.529. The number of carbonyl (C=O) groups excluding carboxylic acids is 1. The van der Waals surface area contributed by atoms with E-state index in [1.807, 2.05) is 49.4 Å². The maximum absolute atomic E-state index is 13.2. The molecule has 1 aliphatic carbocycles. The van der Waals surface area contributed by atoms with Crippen molar-refractivity contribution in [3.05, 3.63) is 88.7 Å². The molecule has 0 N–H and O–H groups in total. The fourth-order valence-electron chi connectivity index (χ4n) is 4.47. The lowest BCUT2D eigenvalue weighted by Crippen LogP contribution is -2.34. The lowest BCUT2D eigenvalue weighted by Gasteiger charge is -2.30. The first-order chi connectivity index (χ1) is 15.2. The molecule has 3 aromatic carbocycles. The predicted octanol–water partition coefficient (Wildman–Crippen LogP) is 5.59. The Kier molecular flexibility index (Phi) is 4.22. The molecule has 4 heteroatoms. The van der Waals surface area contributed by atoms with Crippen LogP contribution in [0.3, 0.4) is 0 Å². The lowest BCUT2D eigenvalue weighted by atomic mass is 9.98. The number of rotatable bonds is 3. The molecule has 3 aliphatic rings. The van der Waals surface area contributed by atoms with Crippen molar-refractivity contribution in [2.75, 3.05) is 6.73 Å². The second kappa shape index (κ2) is 7.10. The number of carbonyl (C=O) groups is 1. The van der Waals surface area contributed by atoms with Crippen LogP contribution < -0.4 is 9.47 Å². The Hall–Kier alpha value is -3.37. The van der Waals surface area contributed by atoms with E-state index in [1.165, 1.54) is 18.4 Å². The van der Waals surface area contributed by atoms with Crippen LogP contribution in [0.4, 0.5) is 0 Å². The van der Waals surface area contributed by atoms with Gasteiger partial charge in [-0.15, -0.1) is 0 Å². The van der Waals surface area contributed by atoms with Crippen molar-refractivity contribution in [3.63, 3.8) is 0 Å². The average molecular weight is 409 g/mol. The molecule has 0 spiro atoms. The van der Waals surface area contributed by atoms with Gasteiger partial charge in [-0.05, 0) is 54.2 Å². The van der Waals surface area contributed by atoms with E-state index in [1.54, 1.807) is 0 Å². The summed E-state index contributed by atoms with van der Waals surface area (Å²) < 4.78 is 12.2. The van der Waals surface area contributed by atoms with Gasteiger partial charge in [0.2, 0.25) is 5.78 Å². The van der Waals surface area contributed by atoms with Gasteiger partial charge in [-0.3, -0.25) is 9.69 Å². The van der Waals surface area contributed by atoms with E-state index in [0.717, 1.165) is 34.5 Å². The SMILES string of the molecule is Cc1cc2c(c3c1C(=O)/C(=C/c1ccc(-c4ccccc4)cc1)O3)CN(C1CC1)CO2. The van der Waals surface area contributed by atoms with Gasteiger partial charge in [0.25, 0.3) is 0 Å². The summed E-state index contributed by atoms with van der Waals surface area (Å²) >= 11 is 0. The molecule has 31 heavy (non-hydrogen) atoms.